The average Bonchev–Trinajstić information content (AvgIpc) is 2.88. The Morgan fingerprint density at radius 2 is 2.00 bits per heavy atom. The van der Waals surface area contributed by atoms with Gasteiger partial charge in [0.15, 0.2) is 0 Å². The van der Waals surface area contributed by atoms with E-state index in [1.165, 1.54) is 22.7 Å². The summed E-state index contributed by atoms with van der Waals surface area (Å²) in [6.07, 6.45) is 1.07. The number of nitrogens with zero attached hydrogens (tertiary/aromatic N) is 2. The molecule has 0 aliphatic heterocycles. The van der Waals surface area contributed by atoms with Gasteiger partial charge in [0.25, 0.3) is 0 Å². The zero-order valence-electron chi connectivity index (χ0n) is 13.1. The third kappa shape index (κ3) is 3.87. The molecule has 1 atom stereocenters. The Balaban J connectivity index is 2.35. The van der Waals surface area contributed by atoms with E-state index in [0.29, 0.717) is 11.8 Å². The number of hydrogen-bond donors (Lipinski definition) is 2. The van der Waals surface area contributed by atoms with Gasteiger partial charge in [-0.15, -0.1) is 5.10 Å². The van der Waals surface area contributed by atoms with Crippen LogP contribution in [0.4, 0.5) is 0 Å². The van der Waals surface area contributed by atoms with Crippen molar-refractivity contribution in [2.45, 2.75) is 46.1 Å². The number of aromatic nitrogens is 2. The highest BCUT2D eigenvalue weighted by atomic mass is 32.1. The highest BCUT2D eigenvalue weighted by Crippen LogP contribution is 2.30. The van der Waals surface area contributed by atoms with E-state index >= 15 is 0 Å². The first-order valence-corrected chi connectivity index (χ1v) is 8.17. The summed E-state index contributed by atoms with van der Waals surface area (Å²) < 4.78 is 4.10. The molecule has 0 aliphatic rings. The molecule has 1 heterocycles. The van der Waals surface area contributed by atoms with Crippen molar-refractivity contribution in [1.82, 2.24) is 15.0 Å². The third-order valence-corrected chi connectivity index (χ3v) is 4.25. The standard InChI is InChI=1S/C16H24N4S/c1-10(2)8-12-6-5-7-13(9-12)15(18-17)16-14(11(3)4)19-20-21-16/h5-7,9-11,15,18H,8,17H2,1-4H3. The van der Waals surface area contributed by atoms with Crippen LogP contribution in [0.15, 0.2) is 24.3 Å². The van der Waals surface area contributed by atoms with Crippen molar-refractivity contribution in [2.75, 3.05) is 0 Å². The number of nitrogens with two attached hydrogens (primary N) is 1. The fourth-order valence-electron chi connectivity index (χ4n) is 2.50. The summed E-state index contributed by atoms with van der Waals surface area (Å²) in [5.74, 6) is 6.80. The lowest BCUT2D eigenvalue weighted by Crippen LogP contribution is -2.29. The maximum atomic E-state index is 5.82. The van der Waals surface area contributed by atoms with E-state index in [2.05, 4.69) is 67.0 Å². The minimum atomic E-state index is -0.0467. The highest BCUT2D eigenvalue weighted by molar-refractivity contribution is 7.05. The largest absolute Gasteiger partial charge is 0.271 e. The smallest absolute Gasteiger partial charge is 0.0837 e. The molecule has 0 saturated carbocycles. The summed E-state index contributed by atoms with van der Waals surface area (Å²) in [5, 5.41) is 4.25. The van der Waals surface area contributed by atoms with Crippen LogP contribution in [0.25, 0.3) is 0 Å². The quantitative estimate of drug-likeness (QED) is 0.634. The zero-order valence-corrected chi connectivity index (χ0v) is 13.9. The Kier molecular flexibility index (Phi) is 5.45. The number of benzene rings is 1. The van der Waals surface area contributed by atoms with Crippen LogP contribution in [0, 0.1) is 5.92 Å². The van der Waals surface area contributed by atoms with Crippen LogP contribution < -0.4 is 11.3 Å². The monoisotopic (exact) mass is 304 g/mol. The third-order valence-electron chi connectivity index (χ3n) is 3.44. The van der Waals surface area contributed by atoms with Gasteiger partial charge in [-0.25, -0.2) is 5.43 Å². The lowest BCUT2D eigenvalue weighted by molar-refractivity contribution is 0.624. The molecule has 114 valence electrons. The molecule has 0 amide bonds. The Morgan fingerprint density at radius 3 is 2.62 bits per heavy atom. The number of hydrazine groups is 1. The van der Waals surface area contributed by atoms with Crippen molar-refractivity contribution in [3.8, 4) is 0 Å². The normalized spacial score (nSPS) is 13.1. The molecule has 4 nitrogen and oxygen atoms in total. The average molecular weight is 304 g/mol. The van der Waals surface area contributed by atoms with Gasteiger partial charge in [0.05, 0.1) is 16.6 Å². The molecule has 1 aromatic carbocycles. The lowest BCUT2D eigenvalue weighted by Gasteiger charge is -2.18. The summed E-state index contributed by atoms with van der Waals surface area (Å²) in [5.41, 5.74) is 6.46. The fraction of sp³-hybridized carbons (Fsp3) is 0.500. The Morgan fingerprint density at radius 1 is 1.24 bits per heavy atom. The molecule has 0 radical (unpaired) electrons. The van der Waals surface area contributed by atoms with Crippen molar-refractivity contribution < 1.29 is 0 Å². The van der Waals surface area contributed by atoms with Crippen molar-refractivity contribution in [1.29, 1.82) is 0 Å². The number of nitrogens with one attached hydrogen (secondary N) is 1. The minimum Gasteiger partial charge on any atom is -0.271 e. The van der Waals surface area contributed by atoms with Crippen LogP contribution in [-0.2, 0) is 6.42 Å². The Labute approximate surface area is 130 Å². The van der Waals surface area contributed by atoms with Gasteiger partial charge in [0, 0.05) is 0 Å². The summed E-state index contributed by atoms with van der Waals surface area (Å²) in [6.45, 7) is 8.72. The fourth-order valence-corrected chi connectivity index (χ4v) is 3.40. The van der Waals surface area contributed by atoms with Gasteiger partial charge in [-0.1, -0.05) is 56.4 Å². The van der Waals surface area contributed by atoms with Crippen LogP contribution in [0.2, 0.25) is 0 Å². The summed E-state index contributed by atoms with van der Waals surface area (Å²) >= 11 is 1.42. The van der Waals surface area contributed by atoms with E-state index in [4.69, 9.17) is 5.84 Å². The molecule has 5 heteroatoms. The predicted octanol–water partition coefficient (Wildman–Crippen LogP) is 3.41. The maximum absolute atomic E-state index is 5.82. The van der Waals surface area contributed by atoms with Crippen molar-refractivity contribution in [3.05, 3.63) is 46.0 Å². The van der Waals surface area contributed by atoms with E-state index < -0.39 is 0 Å². The van der Waals surface area contributed by atoms with Gasteiger partial charge in [-0.2, -0.15) is 0 Å². The molecular formula is C16H24N4S. The van der Waals surface area contributed by atoms with Gasteiger partial charge in [-0.05, 0) is 40.9 Å². The van der Waals surface area contributed by atoms with E-state index in [0.717, 1.165) is 17.0 Å². The van der Waals surface area contributed by atoms with Gasteiger partial charge in [0.1, 0.15) is 0 Å². The first-order valence-electron chi connectivity index (χ1n) is 7.40. The summed E-state index contributed by atoms with van der Waals surface area (Å²) in [4.78, 5) is 1.11. The molecule has 0 bridgehead atoms. The predicted molar refractivity (Wildman–Crippen MR) is 88.1 cm³/mol. The molecule has 0 aliphatic carbocycles. The van der Waals surface area contributed by atoms with E-state index in [1.807, 2.05) is 0 Å². The van der Waals surface area contributed by atoms with Crippen molar-refractivity contribution in [3.63, 3.8) is 0 Å². The second-order valence-electron chi connectivity index (χ2n) is 6.12. The highest BCUT2D eigenvalue weighted by Gasteiger charge is 2.22. The second kappa shape index (κ2) is 7.11. The van der Waals surface area contributed by atoms with Gasteiger partial charge in [-0.3, -0.25) is 5.84 Å². The van der Waals surface area contributed by atoms with Crippen LogP contribution in [0.3, 0.4) is 0 Å². The van der Waals surface area contributed by atoms with Gasteiger partial charge < -0.3 is 0 Å². The summed E-state index contributed by atoms with van der Waals surface area (Å²) in [6, 6.07) is 8.56. The topological polar surface area (TPSA) is 63.8 Å². The van der Waals surface area contributed by atoms with Crippen LogP contribution in [0.1, 0.15) is 61.4 Å². The van der Waals surface area contributed by atoms with E-state index in [1.54, 1.807) is 0 Å². The minimum absolute atomic E-state index is 0.0467. The van der Waals surface area contributed by atoms with Crippen LogP contribution in [0.5, 0.6) is 0 Å². The van der Waals surface area contributed by atoms with Gasteiger partial charge in [0.2, 0.25) is 0 Å². The summed E-state index contributed by atoms with van der Waals surface area (Å²) in [7, 11) is 0. The van der Waals surface area contributed by atoms with Crippen LogP contribution in [-0.4, -0.2) is 9.59 Å². The molecule has 2 aromatic rings. The SMILES string of the molecule is CC(C)Cc1cccc(C(NN)c2snnc2C(C)C)c1. The molecule has 3 N–H and O–H groups in total. The Hall–Kier alpha value is -1.30. The zero-order chi connectivity index (χ0) is 15.4. The molecule has 21 heavy (non-hydrogen) atoms. The van der Waals surface area contributed by atoms with E-state index in [9.17, 15) is 0 Å². The molecule has 0 fully saturated rings. The molecular weight excluding hydrogens is 280 g/mol. The maximum Gasteiger partial charge on any atom is 0.0837 e. The molecule has 2 rings (SSSR count). The van der Waals surface area contributed by atoms with Crippen molar-refractivity contribution >= 4 is 11.5 Å². The van der Waals surface area contributed by atoms with Crippen LogP contribution >= 0.6 is 11.5 Å². The lowest BCUT2D eigenvalue weighted by atomic mass is 9.96. The van der Waals surface area contributed by atoms with Gasteiger partial charge >= 0.3 is 0 Å². The first-order chi connectivity index (χ1) is 10.0. The number of rotatable bonds is 6. The Bertz CT molecular complexity index is 577. The molecule has 1 unspecified atom stereocenters. The molecule has 0 spiro atoms. The van der Waals surface area contributed by atoms with E-state index in [-0.39, 0.29) is 6.04 Å². The van der Waals surface area contributed by atoms with Crippen molar-refractivity contribution in [2.24, 2.45) is 11.8 Å². The first kappa shape index (κ1) is 16.1. The number of hydrogen-bond acceptors (Lipinski definition) is 5. The second-order valence-corrected chi connectivity index (χ2v) is 6.91. The molecule has 0 saturated heterocycles. The molecule has 1 aromatic heterocycles.